The first-order valence-corrected chi connectivity index (χ1v) is 9.46. The summed E-state index contributed by atoms with van der Waals surface area (Å²) >= 11 is 6.20. The molecule has 0 spiro atoms. The van der Waals surface area contributed by atoms with Gasteiger partial charge in [0, 0.05) is 6.54 Å². The minimum Gasteiger partial charge on any atom is -0.365 e. The van der Waals surface area contributed by atoms with Crippen LogP contribution >= 0.6 is 11.6 Å². The molecule has 26 heavy (non-hydrogen) atoms. The fourth-order valence-corrected chi connectivity index (χ4v) is 3.81. The van der Waals surface area contributed by atoms with Crippen molar-refractivity contribution >= 4 is 28.5 Å². The van der Waals surface area contributed by atoms with Gasteiger partial charge in [0.1, 0.15) is 11.6 Å². The van der Waals surface area contributed by atoms with Crippen LogP contribution in [0.1, 0.15) is 49.9 Å². The van der Waals surface area contributed by atoms with Gasteiger partial charge in [-0.25, -0.2) is 9.07 Å². The third kappa shape index (κ3) is 3.26. The molecule has 0 atom stereocenters. The van der Waals surface area contributed by atoms with E-state index in [1.165, 1.54) is 25.0 Å². The van der Waals surface area contributed by atoms with Gasteiger partial charge in [0.05, 0.1) is 17.1 Å². The molecule has 0 aliphatic heterocycles. The first-order chi connectivity index (χ1) is 12.7. The lowest BCUT2D eigenvalue weighted by atomic mass is 10.2. The van der Waals surface area contributed by atoms with Gasteiger partial charge in [-0.15, -0.1) is 0 Å². The average Bonchev–Trinajstić information content (AvgIpc) is 3.28. The number of hydrogen-bond donors (Lipinski definition) is 1. The van der Waals surface area contributed by atoms with Crippen LogP contribution in [0, 0.1) is 5.82 Å². The number of benzene rings is 1. The highest BCUT2D eigenvalue weighted by molar-refractivity contribution is 6.28. The van der Waals surface area contributed by atoms with Crippen LogP contribution in [0.5, 0.6) is 0 Å². The molecule has 0 bridgehead atoms. The Balaban J connectivity index is 1.72. The van der Waals surface area contributed by atoms with Gasteiger partial charge >= 0.3 is 0 Å². The second-order valence-corrected chi connectivity index (χ2v) is 7.04. The van der Waals surface area contributed by atoms with E-state index in [1.54, 1.807) is 12.1 Å². The Labute approximate surface area is 156 Å². The van der Waals surface area contributed by atoms with Crippen molar-refractivity contribution in [2.24, 2.45) is 0 Å². The summed E-state index contributed by atoms with van der Waals surface area (Å²) in [5.74, 6) is 0.442. The SMILES string of the molecule is CCc1nn(C2CCCC2)c2nc(Cl)nc(NCc3ccc(F)cc3)c12. The van der Waals surface area contributed by atoms with E-state index in [9.17, 15) is 4.39 Å². The van der Waals surface area contributed by atoms with Gasteiger partial charge in [-0.05, 0) is 48.6 Å². The standard InChI is InChI=1S/C19H21ClFN5/c1-2-15-16-17(22-11-12-7-9-13(21)10-8-12)23-19(20)24-18(16)26(25-15)14-5-3-4-6-14/h7-10,14H,2-6,11H2,1H3,(H,22,23,24). The van der Waals surface area contributed by atoms with E-state index < -0.39 is 0 Å². The van der Waals surface area contributed by atoms with Crippen molar-refractivity contribution in [1.29, 1.82) is 0 Å². The maximum Gasteiger partial charge on any atom is 0.226 e. The van der Waals surface area contributed by atoms with E-state index in [-0.39, 0.29) is 11.1 Å². The highest BCUT2D eigenvalue weighted by Gasteiger charge is 2.24. The molecule has 0 saturated heterocycles. The Morgan fingerprint density at radius 3 is 2.62 bits per heavy atom. The van der Waals surface area contributed by atoms with Crippen molar-refractivity contribution in [2.45, 2.75) is 51.6 Å². The van der Waals surface area contributed by atoms with E-state index in [4.69, 9.17) is 16.7 Å². The molecule has 1 aliphatic rings. The van der Waals surface area contributed by atoms with Crippen molar-refractivity contribution < 1.29 is 4.39 Å². The number of aryl methyl sites for hydroxylation is 1. The van der Waals surface area contributed by atoms with E-state index in [2.05, 4.69) is 22.2 Å². The van der Waals surface area contributed by atoms with E-state index in [0.29, 0.717) is 18.4 Å². The summed E-state index contributed by atoms with van der Waals surface area (Å²) in [5.41, 5.74) is 2.75. The predicted molar refractivity (Wildman–Crippen MR) is 101 cm³/mol. The fourth-order valence-electron chi connectivity index (χ4n) is 3.65. The molecule has 0 unspecified atom stereocenters. The van der Waals surface area contributed by atoms with Gasteiger partial charge in [-0.3, -0.25) is 0 Å². The Bertz CT molecular complexity index is 916. The topological polar surface area (TPSA) is 55.6 Å². The second-order valence-electron chi connectivity index (χ2n) is 6.70. The summed E-state index contributed by atoms with van der Waals surface area (Å²) in [6, 6.07) is 6.80. The highest BCUT2D eigenvalue weighted by Crippen LogP contribution is 2.34. The van der Waals surface area contributed by atoms with E-state index in [1.807, 2.05) is 4.68 Å². The van der Waals surface area contributed by atoms with Crippen LogP contribution in [0.25, 0.3) is 11.0 Å². The molecular weight excluding hydrogens is 353 g/mol. The van der Waals surface area contributed by atoms with E-state index in [0.717, 1.165) is 41.6 Å². The Hall–Kier alpha value is -2.21. The molecule has 1 N–H and O–H groups in total. The zero-order valence-electron chi connectivity index (χ0n) is 14.7. The average molecular weight is 374 g/mol. The smallest absolute Gasteiger partial charge is 0.226 e. The Morgan fingerprint density at radius 2 is 1.92 bits per heavy atom. The van der Waals surface area contributed by atoms with Crippen molar-refractivity contribution in [1.82, 2.24) is 19.7 Å². The lowest BCUT2D eigenvalue weighted by molar-refractivity contribution is 0.474. The molecule has 0 radical (unpaired) electrons. The van der Waals surface area contributed by atoms with E-state index >= 15 is 0 Å². The second kappa shape index (κ2) is 7.19. The molecule has 3 aromatic rings. The number of fused-ring (bicyclic) bond motifs is 1. The van der Waals surface area contributed by atoms with Crippen molar-refractivity contribution in [3.8, 4) is 0 Å². The third-order valence-electron chi connectivity index (χ3n) is 4.98. The molecule has 4 rings (SSSR count). The van der Waals surface area contributed by atoms with Crippen LogP contribution in [0.4, 0.5) is 10.2 Å². The maximum atomic E-state index is 13.1. The number of nitrogens with one attached hydrogen (secondary N) is 1. The molecule has 7 heteroatoms. The predicted octanol–water partition coefficient (Wildman–Crippen LogP) is 4.91. The summed E-state index contributed by atoms with van der Waals surface area (Å²) in [4.78, 5) is 8.88. The molecule has 1 aliphatic carbocycles. The summed E-state index contributed by atoms with van der Waals surface area (Å²) in [7, 11) is 0. The fraction of sp³-hybridized carbons (Fsp3) is 0.421. The first kappa shape index (κ1) is 17.2. The lowest BCUT2D eigenvalue weighted by Crippen LogP contribution is -2.08. The zero-order valence-corrected chi connectivity index (χ0v) is 15.4. The minimum absolute atomic E-state index is 0.209. The van der Waals surface area contributed by atoms with Gasteiger partial charge in [-0.2, -0.15) is 15.1 Å². The quantitative estimate of drug-likeness (QED) is 0.646. The number of hydrogen-bond acceptors (Lipinski definition) is 4. The molecule has 1 aromatic carbocycles. The van der Waals surface area contributed by atoms with Crippen LogP contribution < -0.4 is 5.32 Å². The molecule has 1 fully saturated rings. The molecule has 0 amide bonds. The lowest BCUT2D eigenvalue weighted by Gasteiger charge is -2.11. The van der Waals surface area contributed by atoms with Crippen molar-refractivity contribution in [3.05, 3.63) is 46.6 Å². The molecule has 136 valence electrons. The Kier molecular flexibility index (Phi) is 4.76. The number of aromatic nitrogens is 4. The summed E-state index contributed by atoms with van der Waals surface area (Å²) < 4.78 is 15.1. The van der Waals surface area contributed by atoms with Gasteiger partial charge in [-0.1, -0.05) is 31.9 Å². The molecule has 1 saturated carbocycles. The van der Waals surface area contributed by atoms with Crippen molar-refractivity contribution in [3.63, 3.8) is 0 Å². The minimum atomic E-state index is -0.243. The van der Waals surface area contributed by atoms with Crippen LogP contribution in [-0.4, -0.2) is 19.7 Å². The Morgan fingerprint density at radius 1 is 1.19 bits per heavy atom. The summed E-state index contributed by atoms with van der Waals surface area (Å²) in [6.45, 7) is 2.61. The molecule has 2 heterocycles. The van der Waals surface area contributed by atoms with Gasteiger partial charge in [0.15, 0.2) is 5.65 Å². The highest BCUT2D eigenvalue weighted by atomic mass is 35.5. The zero-order chi connectivity index (χ0) is 18.1. The third-order valence-corrected chi connectivity index (χ3v) is 5.14. The van der Waals surface area contributed by atoms with Gasteiger partial charge < -0.3 is 5.32 Å². The normalized spacial score (nSPS) is 15.0. The maximum absolute atomic E-state index is 13.1. The molecular formula is C19H21ClFN5. The molecule has 2 aromatic heterocycles. The molecule has 5 nitrogen and oxygen atoms in total. The number of nitrogens with zero attached hydrogens (tertiary/aromatic N) is 4. The largest absolute Gasteiger partial charge is 0.365 e. The van der Waals surface area contributed by atoms with Gasteiger partial charge in [0.25, 0.3) is 0 Å². The monoisotopic (exact) mass is 373 g/mol. The number of rotatable bonds is 5. The van der Waals surface area contributed by atoms with Crippen LogP contribution in [0.3, 0.4) is 0 Å². The number of anilines is 1. The summed E-state index contributed by atoms with van der Waals surface area (Å²) in [6.07, 6.45) is 5.50. The van der Waals surface area contributed by atoms with Crippen LogP contribution in [0.2, 0.25) is 5.28 Å². The number of halogens is 2. The first-order valence-electron chi connectivity index (χ1n) is 9.08. The van der Waals surface area contributed by atoms with Crippen LogP contribution in [-0.2, 0) is 13.0 Å². The van der Waals surface area contributed by atoms with Crippen LogP contribution in [0.15, 0.2) is 24.3 Å². The van der Waals surface area contributed by atoms with Crippen molar-refractivity contribution in [2.75, 3.05) is 5.32 Å². The summed E-state index contributed by atoms with van der Waals surface area (Å²) in [5, 5.41) is 9.30. The van der Waals surface area contributed by atoms with Gasteiger partial charge in [0.2, 0.25) is 5.28 Å².